The predicted molar refractivity (Wildman–Crippen MR) is 75.9 cm³/mol. The normalized spacial score (nSPS) is 11.7. The molecule has 0 radical (unpaired) electrons. The minimum Gasteiger partial charge on any atom is -0.484 e. The Morgan fingerprint density at radius 2 is 2.15 bits per heavy atom. The van der Waals surface area contributed by atoms with Crippen LogP contribution in [-0.2, 0) is 16.1 Å². The Labute approximate surface area is 118 Å². The quantitative estimate of drug-likeness (QED) is 0.635. The molecule has 1 aromatic rings. The van der Waals surface area contributed by atoms with E-state index in [-0.39, 0.29) is 12.5 Å². The van der Waals surface area contributed by atoms with Gasteiger partial charge in [-0.3, -0.25) is 9.59 Å². The average molecular weight is 279 g/mol. The van der Waals surface area contributed by atoms with Crippen LogP contribution in [0, 0.1) is 0 Å². The maximum Gasteiger partial charge on any atom is 0.255 e. The lowest BCUT2D eigenvalue weighted by atomic mass is 10.1. The van der Waals surface area contributed by atoms with Crippen LogP contribution >= 0.6 is 0 Å². The summed E-state index contributed by atoms with van der Waals surface area (Å²) in [5.41, 5.74) is 11.6. The van der Waals surface area contributed by atoms with Crippen LogP contribution in [0.5, 0.6) is 5.75 Å². The Morgan fingerprint density at radius 1 is 1.40 bits per heavy atom. The van der Waals surface area contributed by atoms with Gasteiger partial charge < -0.3 is 21.5 Å². The summed E-state index contributed by atoms with van der Waals surface area (Å²) in [7, 11) is 0. The molecule has 0 heterocycles. The molecule has 6 heteroatoms. The minimum atomic E-state index is -0.533. The van der Waals surface area contributed by atoms with Gasteiger partial charge in [0.15, 0.2) is 6.61 Å². The second-order valence-corrected chi connectivity index (χ2v) is 4.52. The molecule has 0 saturated carbocycles. The summed E-state index contributed by atoms with van der Waals surface area (Å²) in [4.78, 5) is 22.3. The molecule has 0 aromatic heterocycles. The molecule has 1 unspecified atom stereocenters. The van der Waals surface area contributed by atoms with E-state index in [9.17, 15) is 9.59 Å². The number of nitrogens with one attached hydrogen (secondary N) is 1. The topological polar surface area (TPSA) is 107 Å². The number of carbonyl (C=O) groups excluding carboxylic acids is 2. The van der Waals surface area contributed by atoms with Crippen LogP contribution in [0.25, 0.3) is 0 Å². The van der Waals surface area contributed by atoms with Crippen molar-refractivity contribution in [3.63, 3.8) is 0 Å². The first-order valence-corrected chi connectivity index (χ1v) is 6.56. The summed E-state index contributed by atoms with van der Waals surface area (Å²) >= 11 is 0. The highest BCUT2D eigenvalue weighted by molar-refractivity contribution is 5.81. The molecule has 0 spiro atoms. The predicted octanol–water partition coefficient (Wildman–Crippen LogP) is 0.294. The Bertz CT molecular complexity index is 463. The number of nitrogens with two attached hydrogens (primary N) is 2. The van der Waals surface area contributed by atoms with Crippen molar-refractivity contribution in [3.8, 4) is 5.75 Å². The molecule has 0 bridgehead atoms. The molecule has 0 saturated heterocycles. The fourth-order valence-electron chi connectivity index (χ4n) is 1.66. The Morgan fingerprint density at radius 3 is 2.80 bits per heavy atom. The second-order valence-electron chi connectivity index (χ2n) is 4.52. The molecule has 0 fully saturated rings. The standard InChI is InChI=1S/C14H21N3O3/c1-2-4-12(15)14(19)17-8-10-5-3-6-11(7-10)20-9-13(16)18/h3,5-7,12H,2,4,8-9,15H2,1H3,(H2,16,18)(H,17,19). The molecule has 20 heavy (non-hydrogen) atoms. The van der Waals surface area contributed by atoms with Crippen LogP contribution in [0.4, 0.5) is 0 Å². The molecule has 110 valence electrons. The third kappa shape index (κ3) is 5.71. The maximum absolute atomic E-state index is 11.7. The van der Waals surface area contributed by atoms with Crippen molar-refractivity contribution in [1.29, 1.82) is 0 Å². The average Bonchev–Trinajstić information content (AvgIpc) is 2.43. The summed E-state index contributed by atoms with van der Waals surface area (Å²) in [5.74, 6) is -0.169. The van der Waals surface area contributed by atoms with Gasteiger partial charge in [-0.15, -0.1) is 0 Å². The maximum atomic E-state index is 11.7. The van der Waals surface area contributed by atoms with Crippen molar-refractivity contribution in [3.05, 3.63) is 29.8 Å². The number of ether oxygens (including phenoxy) is 1. The lowest BCUT2D eigenvalue weighted by Crippen LogP contribution is -2.40. The first-order chi connectivity index (χ1) is 9.52. The zero-order chi connectivity index (χ0) is 15.0. The Kier molecular flexibility index (Phi) is 6.52. The zero-order valence-corrected chi connectivity index (χ0v) is 11.6. The first-order valence-electron chi connectivity index (χ1n) is 6.56. The van der Waals surface area contributed by atoms with E-state index in [1.807, 2.05) is 13.0 Å². The van der Waals surface area contributed by atoms with Crippen molar-refractivity contribution in [2.24, 2.45) is 11.5 Å². The van der Waals surface area contributed by atoms with Crippen molar-refractivity contribution < 1.29 is 14.3 Å². The summed E-state index contributed by atoms with van der Waals surface area (Å²) in [6.07, 6.45) is 1.53. The van der Waals surface area contributed by atoms with Crippen molar-refractivity contribution in [2.75, 3.05) is 6.61 Å². The number of primary amides is 1. The highest BCUT2D eigenvalue weighted by Crippen LogP contribution is 2.13. The number of benzene rings is 1. The van der Waals surface area contributed by atoms with Gasteiger partial charge in [0.25, 0.3) is 5.91 Å². The minimum absolute atomic E-state index is 0.169. The summed E-state index contributed by atoms with van der Waals surface area (Å²) in [6.45, 7) is 2.17. The summed E-state index contributed by atoms with van der Waals surface area (Å²) in [6, 6.07) is 6.62. The molecule has 2 amide bonds. The van der Waals surface area contributed by atoms with Gasteiger partial charge in [-0.2, -0.15) is 0 Å². The fourth-order valence-corrected chi connectivity index (χ4v) is 1.66. The van der Waals surface area contributed by atoms with Gasteiger partial charge in [-0.05, 0) is 24.1 Å². The second kappa shape index (κ2) is 8.16. The number of hydrogen-bond donors (Lipinski definition) is 3. The van der Waals surface area contributed by atoms with Gasteiger partial charge in [0.2, 0.25) is 5.91 Å². The van der Waals surface area contributed by atoms with Crippen LogP contribution in [0.1, 0.15) is 25.3 Å². The Hall–Kier alpha value is -2.08. The van der Waals surface area contributed by atoms with E-state index < -0.39 is 11.9 Å². The number of rotatable bonds is 8. The largest absolute Gasteiger partial charge is 0.484 e. The molecule has 5 N–H and O–H groups in total. The van der Waals surface area contributed by atoms with Gasteiger partial charge in [0, 0.05) is 6.54 Å². The molecule has 0 aliphatic rings. The van der Waals surface area contributed by atoms with E-state index in [0.717, 1.165) is 12.0 Å². The molecular formula is C14H21N3O3. The zero-order valence-electron chi connectivity index (χ0n) is 11.6. The lowest BCUT2D eigenvalue weighted by Gasteiger charge is -2.12. The van der Waals surface area contributed by atoms with Gasteiger partial charge in [-0.1, -0.05) is 25.5 Å². The van der Waals surface area contributed by atoms with Crippen LogP contribution in [0.15, 0.2) is 24.3 Å². The monoisotopic (exact) mass is 279 g/mol. The van der Waals surface area contributed by atoms with E-state index >= 15 is 0 Å². The molecule has 1 atom stereocenters. The molecule has 0 aliphatic carbocycles. The van der Waals surface area contributed by atoms with E-state index in [2.05, 4.69) is 5.32 Å². The fraction of sp³-hybridized carbons (Fsp3) is 0.429. The number of hydrogen-bond acceptors (Lipinski definition) is 4. The molecule has 0 aliphatic heterocycles. The van der Waals surface area contributed by atoms with Gasteiger partial charge in [0.05, 0.1) is 6.04 Å². The van der Waals surface area contributed by atoms with E-state index in [1.165, 1.54) is 0 Å². The highest BCUT2D eigenvalue weighted by Gasteiger charge is 2.11. The van der Waals surface area contributed by atoms with Crippen LogP contribution in [0.2, 0.25) is 0 Å². The lowest BCUT2D eigenvalue weighted by molar-refractivity contribution is -0.122. The van der Waals surface area contributed by atoms with Gasteiger partial charge in [0.1, 0.15) is 5.75 Å². The van der Waals surface area contributed by atoms with Crippen molar-refractivity contribution >= 4 is 11.8 Å². The van der Waals surface area contributed by atoms with Crippen LogP contribution in [0.3, 0.4) is 0 Å². The van der Waals surface area contributed by atoms with Crippen molar-refractivity contribution in [1.82, 2.24) is 5.32 Å². The van der Waals surface area contributed by atoms with E-state index in [4.69, 9.17) is 16.2 Å². The molecule has 6 nitrogen and oxygen atoms in total. The highest BCUT2D eigenvalue weighted by atomic mass is 16.5. The molecule has 1 rings (SSSR count). The molecular weight excluding hydrogens is 258 g/mol. The smallest absolute Gasteiger partial charge is 0.255 e. The Balaban J connectivity index is 2.49. The number of carbonyl (C=O) groups is 2. The third-order valence-corrected chi connectivity index (χ3v) is 2.68. The summed E-state index contributed by atoms with van der Waals surface area (Å²) < 4.78 is 5.19. The molecule has 1 aromatic carbocycles. The van der Waals surface area contributed by atoms with Crippen LogP contribution < -0.4 is 21.5 Å². The van der Waals surface area contributed by atoms with Crippen LogP contribution in [-0.4, -0.2) is 24.5 Å². The van der Waals surface area contributed by atoms with E-state index in [0.29, 0.717) is 18.7 Å². The first kappa shape index (κ1) is 16.0. The van der Waals surface area contributed by atoms with E-state index in [1.54, 1.807) is 18.2 Å². The van der Waals surface area contributed by atoms with Gasteiger partial charge >= 0.3 is 0 Å². The van der Waals surface area contributed by atoms with Gasteiger partial charge in [-0.25, -0.2) is 0 Å². The number of amides is 2. The SMILES string of the molecule is CCCC(N)C(=O)NCc1cccc(OCC(N)=O)c1. The summed E-state index contributed by atoms with van der Waals surface area (Å²) in [5, 5.41) is 2.76. The van der Waals surface area contributed by atoms with Crippen molar-refractivity contribution in [2.45, 2.75) is 32.4 Å². The third-order valence-electron chi connectivity index (χ3n) is 2.68.